The fourth-order valence-corrected chi connectivity index (χ4v) is 2.81. The standard InChI is InChI=1S/C11H12N6O3S/c1-6-9-10(16(2)14-6)17(3-7-12-5-20-15-7)11(13-9)21-4-8(18)19/h5H,3-4H2,1-2H3,(H,18,19). The molecule has 110 valence electrons. The highest BCUT2D eigenvalue weighted by Crippen LogP contribution is 2.26. The highest BCUT2D eigenvalue weighted by Gasteiger charge is 2.19. The quantitative estimate of drug-likeness (QED) is 0.685. The average Bonchev–Trinajstić information content (AvgIpc) is 3.09. The third-order valence-electron chi connectivity index (χ3n) is 2.89. The van der Waals surface area contributed by atoms with Crippen molar-refractivity contribution in [2.24, 2.45) is 7.05 Å². The number of aryl methyl sites for hydroxylation is 2. The zero-order chi connectivity index (χ0) is 15.0. The first kappa shape index (κ1) is 13.6. The number of thioether (sulfide) groups is 1. The largest absolute Gasteiger partial charge is 0.481 e. The predicted molar refractivity (Wildman–Crippen MR) is 73.0 cm³/mol. The molecule has 3 aromatic heterocycles. The lowest BCUT2D eigenvalue weighted by molar-refractivity contribution is -0.133. The van der Waals surface area contributed by atoms with Crippen LogP contribution in [0.2, 0.25) is 0 Å². The zero-order valence-corrected chi connectivity index (χ0v) is 12.2. The Labute approximate surface area is 123 Å². The van der Waals surface area contributed by atoms with Crippen LogP contribution in [0.4, 0.5) is 0 Å². The summed E-state index contributed by atoms with van der Waals surface area (Å²) in [6, 6.07) is 0. The maximum Gasteiger partial charge on any atom is 0.313 e. The van der Waals surface area contributed by atoms with Gasteiger partial charge in [0.25, 0.3) is 0 Å². The molecule has 0 fully saturated rings. The van der Waals surface area contributed by atoms with Crippen molar-refractivity contribution in [2.75, 3.05) is 5.75 Å². The van der Waals surface area contributed by atoms with Gasteiger partial charge in [-0.3, -0.25) is 14.0 Å². The number of carbonyl (C=O) groups is 1. The first-order valence-electron chi connectivity index (χ1n) is 6.06. The number of carboxylic acids is 1. The summed E-state index contributed by atoms with van der Waals surface area (Å²) < 4.78 is 8.28. The molecular weight excluding hydrogens is 296 g/mol. The van der Waals surface area contributed by atoms with Crippen LogP contribution in [0.1, 0.15) is 11.5 Å². The lowest BCUT2D eigenvalue weighted by Crippen LogP contribution is -2.08. The van der Waals surface area contributed by atoms with Crippen LogP contribution in [-0.4, -0.2) is 46.3 Å². The van der Waals surface area contributed by atoms with Gasteiger partial charge < -0.3 is 9.63 Å². The van der Waals surface area contributed by atoms with E-state index in [1.807, 2.05) is 18.5 Å². The normalized spacial score (nSPS) is 11.3. The number of imidazole rings is 1. The van der Waals surface area contributed by atoms with Gasteiger partial charge in [0.05, 0.1) is 18.0 Å². The molecule has 10 heteroatoms. The summed E-state index contributed by atoms with van der Waals surface area (Å²) in [5, 5.41) is 17.5. The third kappa shape index (κ3) is 2.49. The van der Waals surface area contributed by atoms with Gasteiger partial charge in [-0.2, -0.15) is 10.1 Å². The van der Waals surface area contributed by atoms with E-state index in [9.17, 15) is 4.79 Å². The molecule has 3 aromatic rings. The second-order valence-electron chi connectivity index (χ2n) is 4.39. The van der Waals surface area contributed by atoms with Crippen LogP contribution in [0.5, 0.6) is 0 Å². The average molecular weight is 308 g/mol. The number of fused-ring (bicyclic) bond motifs is 1. The van der Waals surface area contributed by atoms with Crippen LogP contribution in [0.25, 0.3) is 11.2 Å². The van der Waals surface area contributed by atoms with Gasteiger partial charge in [-0.15, -0.1) is 0 Å². The smallest absolute Gasteiger partial charge is 0.313 e. The first-order chi connectivity index (χ1) is 10.1. The number of nitrogens with zero attached hydrogens (tertiary/aromatic N) is 6. The van der Waals surface area contributed by atoms with Crippen LogP contribution in [0.3, 0.4) is 0 Å². The van der Waals surface area contributed by atoms with E-state index < -0.39 is 5.97 Å². The van der Waals surface area contributed by atoms with Crippen LogP contribution in [0, 0.1) is 6.92 Å². The molecule has 0 spiro atoms. The number of hydrogen-bond acceptors (Lipinski definition) is 7. The lowest BCUT2D eigenvalue weighted by atomic mass is 10.4. The monoisotopic (exact) mass is 308 g/mol. The SMILES string of the molecule is Cc1nn(C)c2c1nc(SCC(=O)O)n2Cc1ncon1. The number of aliphatic carboxylic acids is 1. The topological polar surface area (TPSA) is 112 Å². The molecule has 3 heterocycles. The van der Waals surface area contributed by atoms with Gasteiger partial charge >= 0.3 is 5.97 Å². The first-order valence-corrected chi connectivity index (χ1v) is 7.04. The highest BCUT2D eigenvalue weighted by atomic mass is 32.2. The van der Waals surface area contributed by atoms with Gasteiger partial charge in [-0.05, 0) is 6.92 Å². The third-order valence-corrected chi connectivity index (χ3v) is 3.85. The second-order valence-corrected chi connectivity index (χ2v) is 5.33. The van der Waals surface area contributed by atoms with Crippen LogP contribution in [-0.2, 0) is 18.4 Å². The Bertz CT molecular complexity index is 791. The van der Waals surface area contributed by atoms with Gasteiger partial charge in [0.15, 0.2) is 16.6 Å². The molecule has 0 bridgehead atoms. The minimum Gasteiger partial charge on any atom is -0.481 e. The number of hydrogen-bond donors (Lipinski definition) is 1. The van der Waals surface area contributed by atoms with E-state index in [0.717, 1.165) is 28.6 Å². The Kier molecular flexibility index (Phi) is 3.37. The summed E-state index contributed by atoms with van der Waals surface area (Å²) in [6.07, 6.45) is 1.25. The molecule has 3 rings (SSSR count). The van der Waals surface area contributed by atoms with Crippen LogP contribution < -0.4 is 0 Å². The molecule has 0 radical (unpaired) electrons. The highest BCUT2D eigenvalue weighted by molar-refractivity contribution is 7.99. The molecular formula is C11H12N6O3S. The van der Waals surface area contributed by atoms with E-state index >= 15 is 0 Å². The van der Waals surface area contributed by atoms with Crippen molar-refractivity contribution in [3.8, 4) is 0 Å². The number of aromatic nitrogens is 6. The van der Waals surface area contributed by atoms with Crippen LogP contribution >= 0.6 is 11.8 Å². The Morgan fingerprint density at radius 1 is 1.52 bits per heavy atom. The molecule has 0 aliphatic rings. The molecule has 0 aliphatic heterocycles. The van der Waals surface area contributed by atoms with Crippen molar-refractivity contribution in [1.82, 2.24) is 29.5 Å². The van der Waals surface area contributed by atoms with Crippen LogP contribution in [0.15, 0.2) is 16.1 Å². The summed E-state index contributed by atoms with van der Waals surface area (Å²) in [4.78, 5) is 19.2. The maximum absolute atomic E-state index is 10.8. The zero-order valence-electron chi connectivity index (χ0n) is 11.3. The van der Waals surface area contributed by atoms with E-state index in [-0.39, 0.29) is 5.75 Å². The van der Waals surface area contributed by atoms with Gasteiger partial charge in [0, 0.05) is 7.05 Å². The Morgan fingerprint density at radius 3 is 3.00 bits per heavy atom. The molecule has 0 amide bonds. The fourth-order valence-electron chi connectivity index (χ4n) is 2.10. The van der Waals surface area contributed by atoms with Gasteiger partial charge in [-0.1, -0.05) is 16.9 Å². The molecule has 0 aliphatic carbocycles. The van der Waals surface area contributed by atoms with E-state index in [2.05, 4.69) is 20.2 Å². The second kappa shape index (κ2) is 5.20. The minimum absolute atomic E-state index is 0.0674. The van der Waals surface area contributed by atoms with Crippen molar-refractivity contribution in [2.45, 2.75) is 18.6 Å². The summed E-state index contributed by atoms with van der Waals surface area (Å²) in [5.41, 5.74) is 2.33. The Hall–Kier alpha value is -2.36. The Balaban J connectivity index is 2.07. The van der Waals surface area contributed by atoms with Crippen molar-refractivity contribution >= 4 is 28.9 Å². The molecule has 0 atom stereocenters. The van der Waals surface area contributed by atoms with Crippen molar-refractivity contribution < 1.29 is 14.4 Å². The van der Waals surface area contributed by atoms with Crippen molar-refractivity contribution in [1.29, 1.82) is 0 Å². The number of rotatable bonds is 5. The van der Waals surface area contributed by atoms with Gasteiger partial charge in [0.2, 0.25) is 6.39 Å². The minimum atomic E-state index is -0.895. The van der Waals surface area contributed by atoms with Gasteiger partial charge in [0.1, 0.15) is 5.52 Å². The summed E-state index contributed by atoms with van der Waals surface area (Å²) >= 11 is 1.15. The van der Waals surface area contributed by atoms with E-state index in [4.69, 9.17) is 9.63 Å². The maximum atomic E-state index is 10.8. The summed E-state index contributed by atoms with van der Waals surface area (Å²) in [7, 11) is 1.81. The van der Waals surface area contributed by atoms with E-state index in [0.29, 0.717) is 17.5 Å². The molecule has 0 unspecified atom stereocenters. The predicted octanol–water partition coefficient (Wildman–Crippen LogP) is 0.686. The molecule has 0 saturated heterocycles. The molecule has 0 saturated carbocycles. The van der Waals surface area contributed by atoms with E-state index in [1.54, 1.807) is 4.68 Å². The fraction of sp³-hybridized carbons (Fsp3) is 0.364. The van der Waals surface area contributed by atoms with Gasteiger partial charge in [-0.25, -0.2) is 4.98 Å². The molecule has 1 N–H and O–H groups in total. The van der Waals surface area contributed by atoms with Crippen molar-refractivity contribution in [3.63, 3.8) is 0 Å². The molecule has 0 aromatic carbocycles. The number of carboxylic acid groups (broad SMARTS) is 1. The summed E-state index contributed by atoms with van der Waals surface area (Å²) in [5.74, 6) is -0.472. The molecule has 9 nitrogen and oxygen atoms in total. The Morgan fingerprint density at radius 2 is 2.33 bits per heavy atom. The lowest BCUT2D eigenvalue weighted by Gasteiger charge is -2.05. The van der Waals surface area contributed by atoms with E-state index in [1.165, 1.54) is 6.39 Å². The molecule has 21 heavy (non-hydrogen) atoms. The van der Waals surface area contributed by atoms with Crippen molar-refractivity contribution in [3.05, 3.63) is 17.9 Å². The summed E-state index contributed by atoms with van der Waals surface area (Å²) in [6.45, 7) is 2.20.